The van der Waals surface area contributed by atoms with Crippen molar-refractivity contribution in [3.05, 3.63) is 46.2 Å². The highest BCUT2D eigenvalue weighted by Gasteiger charge is 2.29. The number of amides is 3. The molecule has 2 aromatic heterocycles. The number of anilines is 2. The van der Waals surface area contributed by atoms with Crippen LogP contribution in [0.2, 0.25) is 0 Å². The third-order valence-corrected chi connectivity index (χ3v) is 6.85. The lowest BCUT2D eigenvalue weighted by atomic mass is 10.3. The molecule has 1 aliphatic rings. The van der Waals surface area contributed by atoms with Crippen LogP contribution in [0.25, 0.3) is 10.6 Å². The van der Waals surface area contributed by atoms with Crippen LogP contribution in [0.1, 0.15) is 29.5 Å². The van der Waals surface area contributed by atoms with E-state index in [4.69, 9.17) is 4.74 Å². The Hall–Kier alpha value is -3.24. The molecule has 0 atom stereocenters. The van der Waals surface area contributed by atoms with E-state index in [0.29, 0.717) is 23.1 Å². The molecule has 3 aromatic rings. The molecule has 172 valence electrons. The van der Waals surface area contributed by atoms with Crippen molar-refractivity contribution in [2.45, 2.75) is 33.2 Å². The van der Waals surface area contributed by atoms with Crippen molar-refractivity contribution in [3.63, 3.8) is 0 Å². The number of carbonyl (C=O) groups excluding carboxylic acids is 3. The molecule has 0 spiro atoms. The summed E-state index contributed by atoms with van der Waals surface area (Å²) in [5.41, 5.74) is 1.47. The second-order valence-electron chi connectivity index (χ2n) is 7.73. The summed E-state index contributed by atoms with van der Waals surface area (Å²) in [6.45, 7) is 3.75. The number of carbonyl (C=O) groups is 3. The summed E-state index contributed by atoms with van der Waals surface area (Å²) in [7, 11) is 0. The van der Waals surface area contributed by atoms with Crippen molar-refractivity contribution in [2.75, 3.05) is 17.2 Å². The molecule has 0 saturated heterocycles. The van der Waals surface area contributed by atoms with Crippen molar-refractivity contribution < 1.29 is 19.1 Å². The lowest BCUT2D eigenvalue weighted by Gasteiger charge is -2.08. The standard InChI is InChI=1S/C23H24N4O4S2/c1-13-21(19-9-8-18(33-19)11-24-14(2)28)27-23(32-13)26-20(29)12-31-17-5-3-4-16(10-17)25-22(30)15-6-7-15/h3-5,8-10,15H,6-7,11-12H2,1-2H3,(H,24,28)(H,25,30)(H,26,27,29). The summed E-state index contributed by atoms with van der Waals surface area (Å²) in [6.07, 6.45) is 1.87. The summed E-state index contributed by atoms with van der Waals surface area (Å²) >= 11 is 2.95. The van der Waals surface area contributed by atoms with Gasteiger partial charge in [0, 0.05) is 34.3 Å². The second kappa shape index (κ2) is 10.1. The number of aromatic nitrogens is 1. The fourth-order valence-electron chi connectivity index (χ4n) is 3.05. The number of rotatable bonds is 9. The molecule has 8 nitrogen and oxygen atoms in total. The highest BCUT2D eigenvalue weighted by molar-refractivity contribution is 7.18. The van der Waals surface area contributed by atoms with Crippen LogP contribution in [0.4, 0.5) is 10.8 Å². The van der Waals surface area contributed by atoms with E-state index in [9.17, 15) is 14.4 Å². The van der Waals surface area contributed by atoms with Gasteiger partial charge >= 0.3 is 0 Å². The van der Waals surface area contributed by atoms with Gasteiger partial charge in [0.15, 0.2) is 11.7 Å². The predicted molar refractivity (Wildman–Crippen MR) is 130 cm³/mol. The zero-order valence-corrected chi connectivity index (χ0v) is 19.9. The molecule has 4 rings (SSSR count). The Kier molecular flexibility index (Phi) is 7.05. The van der Waals surface area contributed by atoms with Gasteiger partial charge in [-0.3, -0.25) is 19.7 Å². The number of thiophene rings is 1. The highest BCUT2D eigenvalue weighted by atomic mass is 32.1. The van der Waals surface area contributed by atoms with Gasteiger partial charge in [0.2, 0.25) is 11.8 Å². The molecule has 0 radical (unpaired) electrons. The van der Waals surface area contributed by atoms with E-state index in [2.05, 4.69) is 20.9 Å². The van der Waals surface area contributed by atoms with Gasteiger partial charge in [-0.2, -0.15) is 0 Å². The minimum Gasteiger partial charge on any atom is -0.484 e. The Bertz CT molecular complexity index is 1180. The monoisotopic (exact) mass is 484 g/mol. The molecular weight excluding hydrogens is 460 g/mol. The molecule has 2 heterocycles. The van der Waals surface area contributed by atoms with Crippen LogP contribution in [0, 0.1) is 12.8 Å². The lowest BCUT2D eigenvalue weighted by molar-refractivity contribution is -0.119. The molecule has 3 N–H and O–H groups in total. The minimum atomic E-state index is -0.319. The van der Waals surface area contributed by atoms with E-state index in [1.807, 2.05) is 19.1 Å². The van der Waals surface area contributed by atoms with Crippen LogP contribution in [-0.2, 0) is 20.9 Å². The van der Waals surface area contributed by atoms with Crippen molar-refractivity contribution in [1.82, 2.24) is 10.3 Å². The van der Waals surface area contributed by atoms with Gasteiger partial charge in [-0.25, -0.2) is 4.98 Å². The van der Waals surface area contributed by atoms with Gasteiger partial charge in [-0.05, 0) is 44.0 Å². The maximum atomic E-state index is 12.4. The average molecular weight is 485 g/mol. The zero-order chi connectivity index (χ0) is 23.4. The quantitative estimate of drug-likeness (QED) is 0.422. The molecule has 0 aliphatic heterocycles. The first kappa shape index (κ1) is 22.9. The second-order valence-corrected chi connectivity index (χ2v) is 10.1. The van der Waals surface area contributed by atoms with E-state index < -0.39 is 0 Å². The molecule has 0 unspecified atom stereocenters. The smallest absolute Gasteiger partial charge is 0.264 e. The maximum absolute atomic E-state index is 12.4. The molecule has 33 heavy (non-hydrogen) atoms. The largest absolute Gasteiger partial charge is 0.484 e. The number of hydrogen-bond donors (Lipinski definition) is 3. The number of hydrogen-bond acceptors (Lipinski definition) is 7. The maximum Gasteiger partial charge on any atom is 0.264 e. The van der Waals surface area contributed by atoms with Gasteiger partial charge in [-0.1, -0.05) is 6.07 Å². The van der Waals surface area contributed by atoms with Crippen molar-refractivity contribution in [1.29, 1.82) is 0 Å². The van der Waals surface area contributed by atoms with Crippen LogP contribution >= 0.6 is 22.7 Å². The predicted octanol–water partition coefficient (Wildman–Crippen LogP) is 4.18. The van der Waals surface area contributed by atoms with Crippen LogP contribution in [0.5, 0.6) is 5.75 Å². The number of nitrogens with one attached hydrogen (secondary N) is 3. The summed E-state index contributed by atoms with van der Waals surface area (Å²) in [4.78, 5) is 42.9. The average Bonchev–Trinajstić information content (AvgIpc) is 3.42. The molecule has 10 heteroatoms. The Morgan fingerprint density at radius 2 is 1.94 bits per heavy atom. The number of ether oxygens (including phenoxy) is 1. The summed E-state index contributed by atoms with van der Waals surface area (Å²) in [6, 6.07) is 10.9. The lowest BCUT2D eigenvalue weighted by Crippen LogP contribution is -2.20. The fraction of sp³-hybridized carbons (Fsp3) is 0.304. The first-order valence-electron chi connectivity index (χ1n) is 10.5. The Morgan fingerprint density at radius 3 is 2.70 bits per heavy atom. The molecule has 1 saturated carbocycles. The number of thiazole rings is 1. The summed E-state index contributed by atoms with van der Waals surface area (Å²) in [5, 5.41) is 8.93. The number of benzene rings is 1. The van der Waals surface area contributed by atoms with E-state index in [1.165, 1.54) is 18.3 Å². The van der Waals surface area contributed by atoms with Gasteiger partial charge in [0.1, 0.15) is 5.75 Å². The summed E-state index contributed by atoms with van der Waals surface area (Å²) in [5.74, 6) is 0.245. The Labute approximate surface area is 199 Å². The van der Waals surface area contributed by atoms with Crippen LogP contribution in [-0.4, -0.2) is 29.3 Å². The fourth-order valence-corrected chi connectivity index (χ4v) is 4.95. The number of aryl methyl sites for hydroxylation is 1. The third-order valence-electron chi connectivity index (χ3n) is 4.87. The van der Waals surface area contributed by atoms with Crippen LogP contribution in [0.15, 0.2) is 36.4 Å². The van der Waals surface area contributed by atoms with E-state index in [-0.39, 0.29) is 30.2 Å². The molecule has 1 aliphatic carbocycles. The van der Waals surface area contributed by atoms with Gasteiger partial charge in [-0.15, -0.1) is 22.7 Å². The van der Waals surface area contributed by atoms with Gasteiger partial charge < -0.3 is 15.4 Å². The highest BCUT2D eigenvalue weighted by Crippen LogP contribution is 2.35. The first-order chi connectivity index (χ1) is 15.9. The SMILES string of the molecule is CC(=O)NCc1ccc(-c2nc(NC(=O)COc3cccc(NC(=O)C4CC4)c3)sc2C)s1. The normalized spacial score (nSPS) is 12.8. The van der Waals surface area contributed by atoms with Crippen molar-refractivity contribution >= 4 is 51.2 Å². The third kappa shape index (κ3) is 6.39. The summed E-state index contributed by atoms with van der Waals surface area (Å²) < 4.78 is 5.59. The number of nitrogens with zero attached hydrogens (tertiary/aromatic N) is 1. The van der Waals surface area contributed by atoms with Crippen LogP contribution < -0.4 is 20.7 Å². The Balaban J connectivity index is 1.31. The molecular formula is C23H24N4O4S2. The minimum absolute atomic E-state index is 0.0211. The molecule has 1 aromatic carbocycles. The van der Waals surface area contributed by atoms with E-state index in [0.717, 1.165) is 33.2 Å². The molecule has 0 bridgehead atoms. The zero-order valence-electron chi connectivity index (χ0n) is 18.3. The molecule has 3 amide bonds. The van der Waals surface area contributed by atoms with E-state index >= 15 is 0 Å². The van der Waals surface area contributed by atoms with E-state index in [1.54, 1.807) is 35.6 Å². The van der Waals surface area contributed by atoms with Crippen LogP contribution in [0.3, 0.4) is 0 Å². The molecule has 1 fully saturated rings. The Morgan fingerprint density at radius 1 is 1.12 bits per heavy atom. The van der Waals surface area contributed by atoms with Crippen molar-refractivity contribution in [3.8, 4) is 16.3 Å². The van der Waals surface area contributed by atoms with Crippen molar-refractivity contribution in [2.24, 2.45) is 5.92 Å². The van der Waals surface area contributed by atoms with Gasteiger partial charge in [0.25, 0.3) is 5.91 Å². The first-order valence-corrected chi connectivity index (χ1v) is 12.1. The van der Waals surface area contributed by atoms with Gasteiger partial charge in [0.05, 0.1) is 17.1 Å². The topological polar surface area (TPSA) is 109 Å².